The van der Waals surface area contributed by atoms with Crippen molar-refractivity contribution in [3.63, 3.8) is 0 Å². The van der Waals surface area contributed by atoms with Crippen molar-refractivity contribution in [3.05, 3.63) is 35.9 Å². The Morgan fingerprint density at radius 3 is 1.90 bits per heavy atom. The van der Waals surface area contributed by atoms with Crippen LogP contribution in [0, 0.1) is 0 Å². The molecule has 0 saturated heterocycles. The maximum absolute atomic E-state index is 6.73. The highest BCUT2D eigenvalue weighted by atomic mass is 16.6. The highest BCUT2D eigenvalue weighted by Crippen LogP contribution is 2.35. The molecule has 29 heavy (non-hydrogen) atoms. The quantitative estimate of drug-likeness (QED) is 0.309. The summed E-state index contributed by atoms with van der Waals surface area (Å²) in [5.41, 5.74) is 0.671. The van der Waals surface area contributed by atoms with Crippen LogP contribution >= 0.6 is 0 Å². The number of rotatable bonds is 13. The van der Waals surface area contributed by atoms with Gasteiger partial charge in [0.05, 0.1) is 22.9 Å². The van der Waals surface area contributed by atoms with E-state index in [4.69, 9.17) is 9.47 Å². The maximum Gasteiger partial charge on any atom is 0.0925 e. The fourth-order valence-corrected chi connectivity index (χ4v) is 4.04. The highest BCUT2D eigenvalue weighted by molar-refractivity contribution is 5.15. The van der Waals surface area contributed by atoms with Crippen LogP contribution in [0.2, 0.25) is 0 Å². The van der Waals surface area contributed by atoms with Crippen molar-refractivity contribution in [2.24, 2.45) is 0 Å². The van der Waals surface area contributed by atoms with Gasteiger partial charge in [0.1, 0.15) is 0 Å². The Kier molecular flexibility index (Phi) is 10.9. The molecule has 0 amide bonds. The smallest absolute Gasteiger partial charge is 0.0925 e. The second-order valence-corrected chi connectivity index (χ2v) is 10.8. The lowest BCUT2D eigenvalue weighted by atomic mass is 9.86. The zero-order valence-corrected chi connectivity index (χ0v) is 20.6. The van der Waals surface area contributed by atoms with E-state index in [1.807, 2.05) is 0 Å². The molecular formula is C27H48O2. The van der Waals surface area contributed by atoms with Crippen LogP contribution in [0.4, 0.5) is 0 Å². The first-order chi connectivity index (χ1) is 13.5. The molecule has 0 bridgehead atoms. The monoisotopic (exact) mass is 404 g/mol. The van der Waals surface area contributed by atoms with Crippen LogP contribution in [-0.4, -0.2) is 22.9 Å². The maximum atomic E-state index is 6.73. The van der Waals surface area contributed by atoms with Gasteiger partial charge in [-0.3, -0.25) is 0 Å². The second-order valence-electron chi connectivity index (χ2n) is 10.8. The molecule has 168 valence electrons. The van der Waals surface area contributed by atoms with Crippen molar-refractivity contribution in [1.82, 2.24) is 0 Å². The molecule has 0 radical (unpaired) electrons. The number of unbranched alkanes of at least 4 members (excludes halogenated alkanes) is 5. The number of hydrogen-bond acceptors (Lipinski definition) is 2. The lowest BCUT2D eigenvalue weighted by Crippen LogP contribution is -2.50. The van der Waals surface area contributed by atoms with E-state index in [1.165, 1.54) is 44.1 Å². The molecule has 0 aliphatic heterocycles. The first kappa shape index (κ1) is 26.2. The fraction of sp³-hybridized carbons (Fsp3) is 0.778. The Morgan fingerprint density at radius 2 is 1.34 bits per heavy atom. The van der Waals surface area contributed by atoms with Gasteiger partial charge in [0.2, 0.25) is 0 Å². The molecule has 0 aromatic heterocycles. The van der Waals surface area contributed by atoms with Crippen molar-refractivity contribution < 1.29 is 9.47 Å². The second kappa shape index (κ2) is 12.1. The van der Waals surface area contributed by atoms with Crippen LogP contribution in [0.25, 0.3) is 0 Å². The van der Waals surface area contributed by atoms with E-state index < -0.39 is 0 Å². The lowest BCUT2D eigenvalue weighted by Gasteiger charge is -2.44. The Bertz CT molecular complexity index is 538. The third-order valence-electron chi connectivity index (χ3n) is 5.29. The molecule has 2 unspecified atom stereocenters. The molecule has 0 fully saturated rings. The molecule has 2 nitrogen and oxygen atoms in total. The zero-order valence-electron chi connectivity index (χ0n) is 20.6. The zero-order chi connectivity index (χ0) is 22.0. The average Bonchev–Trinajstić information content (AvgIpc) is 2.60. The Hall–Kier alpha value is -0.860. The van der Waals surface area contributed by atoms with Gasteiger partial charge in [-0.05, 0) is 73.3 Å². The predicted molar refractivity (Wildman–Crippen MR) is 127 cm³/mol. The summed E-state index contributed by atoms with van der Waals surface area (Å²) in [6.45, 7) is 17.5. The summed E-state index contributed by atoms with van der Waals surface area (Å²) in [4.78, 5) is 0. The van der Waals surface area contributed by atoms with Crippen molar-refractivity contribution in [1.29, 1.82) is 0 Å². The minimum atomic E-state index is -0.315. The van der Waals surface area contributed by atoms with Crippen LogP contribution in [0.1, 0.15) is 112 Å². The average molecular weight is 405 g/mol. The van der Waals surface area contributed by atoms with Gasteiger partial charge in [-0.15, -0.1) is 0 Å². The third kappa shape index (κ3) is 11.8. The molecule has 0 heterocycles. The Labute approximate surface area is 181 Å². The van der Waals surface area contributed by atoms with Gasteiger partial charge < -0.3 is 9.47 Å². The van der Waals surface area contributed by atoms with Crippen LogP contribution < -0.4 is 0 Å². The van der Waals surface area contributed by atoms with Gasteiger partial charge in [-0.25, -0.2) is 0 Å². The molecular weight excluding hydrogens is 356 g/mol. The van der Waals surface area contributed by atoms with Crippen molar-refractivity contribution >= 4 is 0 Å². The summed E-state index contributed by atoms with van der Waals surface area (Å²) in [6, 6.07) is 10.8. The molecule has 0 N–H and O–H groups in total. The summed E-state index contributed by atoms with van der Waals surface area (Å²) in [5, 5.41) is 0. The van der Waals surface area contributed by atoms with Crippen LogP contribution in [0.15, 0.2) is 30.3 Å². The third-order valence-corrected chi connectivity index (χ3v) is 5.29. The first-order valence-corrected chi connectivity index (χ1v) is 11.9. The summed E-state index contributed by atoms with van der Waals surface area (Å²) >= 11 is 0. The Balaban J connectivity index is 2.90. The van der Waals surface area contributed by atoms with Gasteiger partial charge in [0.15, 0.2) is 0 Å². The van der Waals surface area contributed by atoms with E-state index in [0.717, 1.165) is 19.3 Å². The van der Waals surface area contributed by atoms with E-state index in [2.05, 4.69) is 85.7 Å². The standard InChI is InChI=1S/C27H48O2/c1-9-10-11-12-13-17-20-24(28-25(2,3)4)27(8,29-26(5,6)7)22-21-23-18-15-14-16-19-23/h14-16,18-19,24H,9-13,17,20-22H2,1-8H3. The van der Waals surface area contributed by atoms with Gasteiger partial charge in [0, 0.05) is 0 Å². The van der Waals surface area contributed by atoms with Gasteiger partial charge in [-0.1, -0.05) is 75.8 Å². The topological polar surface area (TPSA) is 18.5 Å². The SMILES string of the molecule is CCCCCCCCC(OC(C)(C)C)C(C)(CCc1ccccc1)OC(C)(C)C. The van der Waals surface area contributed by atoms with Gasteiger partial charge >= 0.3 is 0 Å². The molecule has 0 aliphatic carbocycles. The molecule has 0 saturated carbocycles. The van der Waals surface area contributed by atoms with E-state index in [1.54, 1.807) is 0 Å². The van der Waals surface area contributed by atoms with Crippen molar-refractivity contribution in [2.45, 2.75) is 136 Å². The molecule has 1 aromatic carbocycles. The van der Waals surface area contributed by atoms with E-state index in [9.17, 15) is 0 Å². The Morgan fingerprint density at radius 1 is 0.759 bits per heavy atom. The number of ether oxygens (including phenoxy) is 2. The largest absolute Gasteiger partial charge is 0.370 e. The van der Waals surface area contributed by atoms with Crippen molar-refractivity contribution in [3.8, 4) is 0 Å². The summed E-state index contributed by atoms with van der Waals surface area (Å²) < 4.78 is 13.4. The molecule has 0 spiro atoms. The normalized spacial score (nSPS) is 15.9. The molecule has 1 aromatic rings. The van der Waals surface area contributed by atoms with Gasteiger partial charge in [-0.2, -0.15) is 0 Å². The molecule has 2 atom stereocenters. The van der Waals surface area contributed by atoms with E-state index in [0.29, 0.717) is 0 Å². The summed E-state index contributed by atoms with van der Waals surface area (Å²) in [6.07, 6.45) is 11.0. The fourth-order valence-electron chi connectivity index (χ4n) is 4.04. The van der Waals surface area contributed by atoms with Crippen LogP contribution in [0.5, 0.6) is 0 Å². The number of hydrogen-bond donors (Lipinski definition) is 0. The van der Waals surface area contributed by atoms with Crippen LogP contribution in [-0.2, 0) is 15.9 Å². The van der Waals surface area contributed by atoms with Crippen LogP contribution in [0.3, 0.4) is 0 Å². The summed E-state index contributed by atoms with van der Waals surface area (Å²) in [7, 11) is 0. The number of benzene rings is 1. The van der Waals surface area contributed by atoms with Gasteiger partial charge in [0.25, 0.3) is 0 Å². The minimum Gasteiger partial charge on any atom is -0.370 e. The lowest BCUT2D eigenvalue weighted by molar-refractivity contribution is -0.217. The predicted octanol–water partition coefficient (Wildman–Crippen LogP) is 8.13. The molecule has 2 heteroatoms. The minimum absolute atomic E-state index is 0.0941. The first-order valence-electron chi connectivity index (χ1n) is 11.9. The highest BCUT2D eigenvalue weighted by Gasteiger charge is 2.40. The molecule has 0 aliphatic rings. The summed E-state index contributed by atoms with van der Waals surface area (Å²) in [5.74, 6) is 0. The van der Waals surface area contributed by atoms with Crippen molar-refractivity contribution in [2.75, 3.05) is 0 Å². The molecule has 1 rings (SSSR count). The van der Waals surface area contributed by atoms with E-state index in [-0.39, 0.29) is 22.9 Å². The van der Waals surface area contributed by atoms with E-state index >= 15 is 0 Å². The number of aryl methyl sites for hydroxylation is 1.